The lowest BCUT2D eigenvalue weighted by atomic mass is 10.0. The van der Waals surface area contributed by atoms with Crippen molar-refractivity contribution in [2.45, 2.75) is 12.3 Å². The molecule has 1 aliphatic heterocycles. The Hall–Kier alpha value is -5.13. The molecule has 1 saturated heterocycles. The summed E-state index contributed by atoms with van der Waals surface area (Å²) in [7, 11) is 0. The number of esters is 1. The van der Waals surface area contributed by atoms with Crippen molar-refractivity contribution in [3.05, 3.63) is 99.8 Å². The van der Waals surface area contributed by atoms with E-state index in [2.05, 4.69) is 4.98 Å². The number of carbonyl (C=O) groups is 3. The van der Waals surface area contributed by atoms with E-state index < -0.39 is 41.4 Å². The number of nitrogens with zero attached hydrogens (tertiary/aromatic N) is 1. The highest BCUT2D eigenvalue weighted by molar-refractivity contribution is 6.01. The maximum Gasteiger partial charge on any atom is 0.417 e. The van der Waals surface area contributed by atoms with Crippen molar-refractivity contribution in [2.75, 3.05) is 18.1 Å². The predicted molar refractivity (Wildman–Crippen MR) is 134 cm³/mol. The second kappa shape index (κ2) is 10.2. The molecule has 204 valence electrons. The molecule has 0 spiro atoms. The quantitative estimate of drug-likeness (QED) is 0.362. The van der Waals surface area contributed by atoms with Gasteiger partial charge in [-0.25, -0.2) is 9.59 Å². The molecule has 0 saturated carbocycles. The number of H-pyrrole nitrogens is 1. The Labute approximate surface area is 223 Å². The second-order valence-electron chi connectivity index (χ2n) is 8.87. The number of hydrogen-bond donors (Lipinski definition) is 1. The zero-order valence-electron chi connectivity index (χ0n) is 20.4. The van der Waals surface area contributed by atoms with Crippen LogP contribution < -0.4 is 15.6 Å². The third-order valence-electron chi connectivity index (χ3n) is 6.31. The zero-order chi connectivity index (χ0) is 28.6. The number of amides is 1. The molecule has 2 heterocycles. The Balaban J connectivity index is 1.34. The number of aromatic nitrogens is 1. The molecule has 0 unspecified atom stereocenters. The van der Waals surface area contributed by atoms with Crippen molar-refractivity contribution in [1.29, 1.82) is 0 Å². The average molecular weight is 551 g/mol. The first-order chi connectivity index (χ1) is 19.0. The fourth-order valence-electron chi connectivity index (χ4n) is 4.43. The predicted octanol–water partition coefficient (Wildman–Crippen LogP) is 3.76. The van der Waals surface area contributed by atoms with Gasteiger partial charge in [0, 0.05) is 27.9 Å². The van der Waals surface area contributed by atoms with E-state index in [4.69, 9.17) is 9.47 Å². The topological polar surface area (TPSA) is 129 Å². The van der Waals surface area contributed by atoms with Crippen LogP contribution in [0.3, 0.4) is 0 Å². The lowest BCUT2D eigenvalue weighted by molar-refractivity contribution is -0.255. The number of aromatic carboxylic acids is 1. The molecule has 1 aliphatic rings. The summed E-state index contributed by atoms with van der Waals surface area (Å²) in [6, 6.07) is 16.1. The van der Waals surface area contributed by atoms with Gasteiger partial charge in [-0.1, -0.05) is 42.5 Å². The Morgan fingerprint density at radius 3 is 2.42 bits per heavy atom. The number of carboxylic acid groups (broad SMARTS) is 1. The number of carbonyl (C=O) groups excluding carboxylic acids is 3. The summed E-state index contributed by atoms with van der Waals surface area (Å²) in [5.74, 6) is -2.48. The minimum Gasteiger partial charge on any atom is -0.545 e. The molecule has 1 aromatic heterocycles. The summed E-state index contributed by atoms with van der Waals surface area (Å²) in [6.07, 6.45) is -6.28. The molecule has 4 aromatic rings. The molecule has 1 N–H and O–H groups in total. The number of anilines is 1. The standard InChI is InChI=1S/C28H19F3N2O7/c29-28(30,31)22-8-4-3-7-20(22)23-11-15-9-10-16(12-21(15)24(34)32-23)33-13-17(40-27(33)38)14-39-26(37)19-6-2-1-5-18(19)25(35)36/h1-12,17H,13-14H2,(H,32,34)(H,35,36)/p-1/t17-/m0/s1. The van der Waals surface area contributed by atoms with Gasteiger partial charge in [0.2, 0.25) is 0 Å². The zero-order valence-corrected chi connectivity index (χ0v) is 20.4. The lowest BCUT2D eigenvalue weighted by Crippen LogP contribution is -2.28. The van der Waals surface area contributed by atoms with Gasteiger partial charge in [-0.05, 0) is 35.7 Å². The third-order valence-corrected chi connectivity index (χ3v) is 6.31. The maximum atomic E-state index is 13.5. The van der Waals surface area contributed by atoms with Crippen LogP contribution in [-0.2, 0) is 15.7 Å². The molecule has 1 fully saturated rings. The van der Waals surface area contributed by atoms with Crippen LogP contribution in [-0.4, -0.2) is 42.3 Å². The number of ether oxygens (including phenoxy) is 2. The van der Waals surface area contributed by atoms with Crippen molar-refractivity contribution >= 4 is 34.5 Å². The van der Waals surface area contributed by atoms with Crippen molar-refractivity contribution in [1.82, 2.24) is 4.98 Å². The molecule has 1 amide bonds. The molecule has 5 rings (SSSR count). The van der Waals surface area contributed by atoms with E-state index in [1.54, 1.807) is 0 Å². The van der Waals surface area contributed by atoms with E-state index in [1.807, 2.05) is 0 Å². The Kier molecular flexibility index (Phi) is 6.76. The monoisotopic (exact) mass is 551 g/mol. The molecule has 0 aliphatic carbocycles. The van der Waals surface area contributed by atoms with Crippen LogP contribution in [0.15, 0.2) is 77.6 Å². The highest BCUT2D eigenvalue weighted by Crippen LogP contribution is 2.36. The van der Waals surface area contributed by atoms with Gasteiger partial charge in [-0.2, -0.15) is 13.2 Å². The van der Waals surface area contributed by atoms with E-state index in [0.29, 0.717) is 5.39 Å². The first kappa shape index (κ1) is 26.5. The fraction of sp³-hybridized carbons (Fsp3) is 0.143. The van der Waals surface area contributed by atoms with Crippen molar-refractivity contribution in [2.24, 2.45) is 0 Å². The van der Waals surface area contributed by atoms with Crippen LogP contribution in [0.4, 0.5) is 23.7 Å². The second-order valence-corrected chi connectivity index (χ2v) is 8.87. The number of hydrogen-bond acceptors (Lipinski definition) is 7. The van der Waals surface area contributed by atoms with Crippen LogP contribution in [0.25, 0.3) is 22.0 Å². The summed E-state index contributed by atoms with van der Waals surface area (Å²) >= 11 is 0. The number of halogens is 3. The first-order valence-corrected chi connectivity index (χ1v) is 11.8. The van der Waals surface area contributed by atoms with E-state index in [-0.39, 0.29) is 46.6 Å². The lowest BCUT2D eigenvalue weighted by Gasteiger charge is -2.15. The molecule has 12 heteroatoms. The van der Waals surface area contributed by atoms with Gasteiger partial charge in [0.25, 0.3) is 5.56 Å². The largest absolute Gasteiger partial charge is 0.545 e. The Bertz CT molecular complexity index is 1710. The number of pyridine rings is 1. The fourth-order valence-corrected chi connectivity index (χ4v) is 4.43. The Morgan fingerprint density at radius 2 is 1.70 bits per heavy atom. The van der Waals surface area contributed by atoms with E-state index in [0.717, 1.165) is 6.07 Å². The number of carboxylic acids is 1. The van der Waals surface area contributed by atoms with Crippen molar-refractivity contribution in [3.8, 4) is 11.3 Å². The molecular formula is C28H18F3N2O7-. The number of fused-ring (bicyclic) bond motifs is 1. The maximum absolute atomic E-state index is 13.5. The highest BCUT2D eigenvalue weighted by atomic mass is 19.4. The SMILES string of the molecule is O=C([O-])c1ccccc1C(=O)OC[C@@H]1CN(c2ccc3cc(-c4ccccc4C(F)(F)F)[nH]c(=O)c3c2)C(=O)O1. The molecule has 1 atom stereocenters. The summed E-state index contributed by atoms with van der Waals surface area (Å²) in [4.78, 5) is 52.7. The van der Waals surface area contributed by atoms with Crippen LogP contribution >= 0.6 is 0 Å². The summed E-state index contributed by atoms with van der Waals surface area (Å²) in [6.45, 7) is -0.409. The van der Waals surface area contributed by atoms with Crippen molar-refractivity contribution < 1.29 is 42.1 Å². The van der Waals surface area contributed by atoms with Gasteiger partial charge in [-0.3, -0.25) is 9.69 Å². The van der Waals surface area contributed by atoms with Gasteiger partial charge in [0.1, 0.15) is 6.61 Å². The van der Waals surface area contributed by atoms with Crippen LogP contribution in [0, 0.1) is 0 Å². The van der Waals surface area contributed by atoms with Gasteiger partial charge < -0.3 is 24.4 Å². The van der Waals surface area contributed by atoms with Gasteiger partial charge in [-0.15, -0.1) is 0 Å². The summed E-state index contributed by atoms with van der Waals surface area (Å²) < 4.78 is 50.8. The van der Waals surface area contributed by atoms with Crippen LogP contribution in [0.5, 0.6) is 0 Å². The van der Waals surface area contributed by atoms with Crippen LogP contribution in [0.1, 0.15) is 26.3 Å². The van der Waals surface area contributed by atoms with Crippen LogP contribution in [0.2, 0.25) is 0 Å². The minimum atomic E-state index is -4.62. The van der Waals surface area contributed by atoms with Crippen molar-refractivity contribution in [3.63, 3.8) is 0 Å². The van der Waals surface area contributed by atoms with E-state index >= 15 is 0 Å². The molecule has 3 aromatic carbocycles. The smallest absolute Gasteiger partial charge is 0.417 e. The third kappa shape index (κ3) is 5.10. The number of cyclic esters (lactones) is 1. The number of benzene rings is 3. The summed E-state index contributed by atoms with van der Waals surface area (Å²) in [5, 5.41) is 11.7. The minimum absolute atomic E-state index is 0.0131. The molecule has 9 nitrogen and oxygen atoms in total. The van der Waals surface area contributed by atoms with E-state index in [1.165, 1.54) is 71.6 Å². The number of rotatable bonds is 6. The molecule has 40 heavy (non-hydrogen) atoms. The number of aromatic amines is 1. The average Bonchev–Trinajstić information content (AvgIpc) is 3.31. The van der Waals surface area contributed by atoms with Gasteiger partial charge in [0.15, 0.2) is 6.10 Å². The molecular weight excluding hydrogens is 533 g/mol. The number of nitrogens with one attached hydrogen (secondary N) is 1. The number of alkyl halides is 3. The summed E-state index contributed by atoms with van der Waals surface area (Å²) in [5.41, 5.74) is -2.02. The Morgan fingerprint density at radius 1 is 1.00 bits per heavy atom. The first-order valence-electron chi connectivity index (χ1n) is 11.8. The molecule has 0 radical (unpaired) electrons. The normalized spacial score (nSPS) is 15.2. The molecule has 0 bridgehead atoms. The highest BCUT2D eigenvalue weighted by Gasteiger charge is 2.35. The van der Waals surface area contributed by atoms with Gasteiger partial charge >= 0.3 is 18.2 Å². The van der Waals surface area contributed by atoms with E-state index in [9.17, 15) is 37.5 Å². The van der Waals surface area contributed by atoms with Gasteiger partial charge in [0.05, 0.1) is 23.6 Å².